The Morgan fingerprint density at radius 3 is 2.30 bits per heavy atom. The Hall–Kier alpha value is -2.33. The van der Waals surface area contributed by atoms with E-state index in [2.05, 4.69) is 0 Å². The first kappa shape index (κ1) is 17.0. The van der Waals surface area contributed by atoms with Gasteiger partial charge in [0.1, 0.15) is 23.7 Å². The molecule has 0 amide bonds. The summed E-state index contributed by atoms with van der Waals surface area (Å²) < 4.78 is 16.2. The van der Waals surface area contributed by atoms with E-state index in [-0.39, 0.29) is 0 Å². The molecule has 0 radical (unpaired) electrons. The second-order valence-electron chi connectivity index (χ2n) is 5.45. The van der Waals surface area contributed by atoms with Gasteiger partial charge in [-0.3, -0.25) is 0 Å². The molecule has 0 bridgehead atoms. The molecule has 0 N–H and O–H groups in total. The van der Waals surface area contributed by atoms with Crippen LogP contribution in [-0.2, 0) is 4.74 Å². The van der Waals surface area contributed by atoms with Crippen LogP contribution < -0.4 is 9.47 Å². The number of hydrogen-bond acceptors (Lipinski definition) is 4. The normalized spacial score (nSPS) is 10.4. The minimum absolute atomic E-state index is 0.378. The Labute approximate surface area is 137 Å². The number of esters is 1. The topological polar surface area (TPSA) is 44.8 Å². The SMILES string of the molecule is COCCOc1ccccc1C(=O)Oc1c(C)cc(C)cc1C. The average molecular weight is 314 g/mol. The third-order valence-electron chi connectivity index (χ3n) is 3.45. The van der Waals surface area contributed by atoms with Gasteiger partial charge in [0.25, 0.3) is 0 Å². The van der Waals surface area contributed by atoms with Crippen LogP contribution in [0.3, 0.4) is 0 Å². The first-order valence-corrected chi connectivity index (χ1v) is 7.53. The van der Waals surface area contributed by atoms with Crippen LogP contribution in [0.1, 0.15) is 27.0 Å². The van der Waals surface area contributed by atoms with Crippen LogP contribution in [0, 0.1) is 20.8 Å². The first-order valence-electron chi connectivity index (χ1n) is 7.53. The first-order chi connectivity index (χ1) is 11.0. The van der Waals surface area contributed by atoms with Crippen molar-refractivity contribution in [3.05, 3.63) is 58.7 Å². The van der Waals surface area contributed by atoms with E-state index in [1.807, 2.05) is 39.0 Å². The molecule has 0 aromatic heterocycles. The molecule has 4 nitrogen and oxygen atoms in total. The third kappa shape index (κ3) is 4.33. The molecule has 0 saturated carbocycles. The Balaban J connectivity index is 2.21. The van der Waals surface area contributed by atoms with Crippen molar-refractivity contribution in [2.75, 3.05) is 20.3 Å². The van der Waals surface area contributed by atoms with Crippen LogP contribution in [0.5, 0.6) is 11.5 Å². The third-order valence-corrected chi connectivity index (χ3v) is 3.45. The van der Waals surface area contributed by atoms with Gasteiger partial charge in [-0.25, -0.2) is 4.79 Å². The summed E-state index contributed by atoms with van der Waals surface area (Å²) in [4.78, 5) is 12.5. The fourth-order valence-corrected chi connectivity index (χ4v) is 2.47. The second kappa shape index (κ2) is 7.79. The van der Waals surface area contributed by atoms with Crippen LogP contribution in [0.2, 0.25) is 0 Å². The van der Waals surface area contributed by atoms with Crippen LogP contribution >= 0.6 is 0 Å². The standard InChI is InChI=1S/C19H22O4/c1-13-11-14(2)18(15(3)12-13)23-19(20)16-7-5-6-8-17(16)22-10-9-21-4/h5-8,11-12H,9-10H2,1-4H3. The van der Waals surface area contributed by atoms with Gasteiger partial charge < -0.3 is 14.2 Å². The Morgan fingerprint density at radius 2 is 1.65 bits per heavy atom. The van der Waals surface area contributed by atoms with E-state index in [9.17, 15) is 4.79 Å². The highest BCUT2D eigenvalue weighted by Crippen LogP contribution is 2.27. The number of aryl methyl sites for hydroxylation is 3. The largest absolute Gasteiger partial charge is 0.490 e. The molecule has 0 fully saturated rings. The highest BCUT2D eigenvalue weighted by atomic mass is 16.5. The van der Waals surface area contributed by atoms with E-state index in [1.54, 1.807) is 25.3 Å². The van der Waals surface area contributed by atoms with E-state index in [0.717, 1.165) is 16.7 Å². The summed E-state index contributed by atoms with van der Waals surface area (Å²) in [6.45, 7) is 6.72. The summed E-state index contributed by atoms with van der Waals surface area (Å²) in [5.41, 5.74) is 3.42. The van der Waals surface area contributed by atoms with Gasteiger partial charge in [0.15, 0.2) is 0 Å². The van der Waals surface area contributed by atoms with Crippen LogP contribution in [-0.4, -0.2) is 26.3 Å². The van der Waals surface area contributed by atoms with Gasteiger partial charge in [-0.05, 0) is 44.0 Å². The number of rotatable bonds is 6. The fourth-order valence-electron chi connectivity index (χ4n) is 2.47. The lowest BCUT2D eigenvalue weighted by atomic mass is 10.1. The molecule has 0 atom stereocenters. The molecule has 0 aliphatic heterocycles. The number of carbonyl (C=O) groups excluding carboxylic acids is 1. The zero-order valence-electron chi connectivity index (χ0n) is 14.0. The predicted molar refractivity (Wildman–Crippen MR) is 89.4 cm³/mol. The van der Waals surface area contributed by atoms with Crippen molar-refractivity contribution in [2.45, 2.75) is 20.8 Å². The van der Waals surface area contributed by atoms with Crippen molar-refractivity contribution >= 4 is 5.97 Å². The quantitative estimate of drug-likeness (QED) is 0.461. The number of hydrogen-bond donors (Lipinski definition) is 0. The van der Waals surface area contributed by atoms with Crippen molar-refractivity contribution in [1.82, 2.24) is 0 Å². The van der Waals surface area contributed by atoms with E-state index < -0.39 is 5.97 Å². The maximum atomic E-state index is 12.5. The molecule has 0 unspecified atom stereocenters. The highest BCUT2D eigenvalue weighted by Gasteiger charge is 2.17. The lowest BCUT2D eigenvalue weighted by Gasteiger charge is -2.14. The van der Waals surface area contributed by atoms with Gasteiger partial charge in [0, 0.05) is 7.11 Å². The Morgan fingerprint density at radius 1 is 1.00 bits per heavy atom. The maximum absolute atomic E-state index is 12.5. The van der Waals surface area contributed by atoms with E-state index in [0.29, 0.717) is 30.3 Å². The highest BCUT2D eigenvalue weighted by molar-refractivity contribution is 5.94. The monoisotopic (exact) mass is 314 g/mol. The number of benzene rings is 2. The van der Waals surface area contributed by atoms with Crippen LogP contribution in [0.4, 0.5) is 0 Å². The molecule has 4 heteroatoms. The summed E-state index contributed by atoms with van der Waals surface area (Å²) >= 11 is 0. The molecule has 0 aliphatic carbocycles. The van der Waals surface area contributed by atoms with Gasteiger partial charge in [0.05, 0.1) is 6.61 Å². The van der Waals surface area contributed by atoms with E-state index in [1.165, 1.54) is 0 Å². The van der Waals surface area contributed by atoms with Crippen molar-refractivity contribution in [1.29, 1.82) is 0 Å². The van der Waals surface area contributed by atoms with Gasteiger partial charge in [-0.1, -0.05) is 29.8 Å². The lowest BCUT2D eigenvalue weighted by Crippen LogP contribution is -2.13. The molecule has 2 rings (SSSR count). The summed E-state index contributed by atoms with van der Waals surface area (Å²) in [7, 11) is 1.60. The lowest BCUT2D eigenvalue weighted by molar-refractivity contribution is 0.0725. The second-order valence-corrected chi connectivity index (χ2v) is 5.45. The zero-order chi connectivity index (χ0) is 16.8. The van der Waals surface area contributed by atoms with Gasteiger partial charge in [-0.15, -0.1) is 0 Å². The fraction of sp³-hybridized carbons (Fsp3) is 0.316. The summed E-state index contributed by atoms with van der Waals surface area (Å²) in [5.74, 6) is 0.678. The van der Waals surface area contributed by atoms with Gasteiger partial charge >= 0.3 is 5.97 Å². The van der Waals surface area contributed by atoms with Crippen molar-refractivity contribution in [3.8, 4) is 11.5 Å². The van der Waals surface area contributed by atoms with Crippen LogP contribution in [0.25, 0.3) is 0 Å². The summed E-state index contributed by atoms with van der Waals surface area (Å²) in [6.07, 6.45) is 0. The average Bonchev–Trinajstić information content (AvgIpc) is 2.51. The van der Waals surface area contributed by atoms with Crippen molar-refractivity contribution in [2.24, 2.45) is 0 Å². The van der Waals surface area contributed by atoms with Crippen LogP contribution in [0.15, 0.2) is 36.4 Å². The van der Waals surface area contributed by atoms with Crippen molar-refractivity contribution < 1.29 is 19.0 Å². The predicted octanol–water partition coefficient (Wildman–Crippen LogP) is 3.86. The molecule has 0 spiro atoms. The number of methoxy groups -OCH3 is 1. The zero-order valence-corrected chi connectivity index (χ0v) is 14.0. The van der Waals surface area contributed by atoms with E-state index in [4.69, 9.17) is 14.2 Å². The summed E-state index contributed by atoms with van der Waals surface area (Å²) in [5, 5.41) is 0. The molecule has 0 aliphatic rings. The smallest absolute Gasteiger partial charge is 0.347 e. The maximum Gasteiger partial charge on any atom is 0.347 e. The van der Waals surface area contributed by atoms with Gasteiger partial charge in [-0.2, -0.15) is 0 Å². The number of para-hydroxylation sites is 1. The molecular weight excluding hydrogens is 292 g/mol. The Kier molecular flexibility index (Phi) is 5.77. The molecule has 2 aromatic rings. The van der Waals surface area contributed by atoms with Gasteiger partial charge in [0.2, 0.25) is 0 Å². The van der Waals surface area contributed by atoms with Crippen molar-refractivity contribution in [3.63, 3.8) is 0 Å². The molecule has 2 aromatic carbocycles. The minimum Gasteiger partial charge on any atom is -0.490 e. The summed E-state index contributed by atoms with van der Waals surface area (Å²) in [6, 6.07) is 11.0. The molecule has 23 heavy (non-hydrogen) atoms. The minimum atomic E-state index is -0.423. The number of ether oxygens (including phenoxy) is 3. The molecule has 0 saturated heterocycles. The van der Waals surface area contributed by atoms with E-state index >= 15 is 0 Å². The number of carbonyl (C=O) groups is 1. The molecule has 122 valence electrons. The molecule has 0 heterocycles. The Bertz CT molecular complexity index is 669. The molecular formula is C19H22O4.